The van der Waals surface area contributed by atoms with Crippen LogP contribution >= 0.6 is 0 Å². The fourth-order valence-electron chi connectivity index (χ4n) is 2.57. The zero-order valence-electron chi connectivity index (χ0n) is 10.6. The minimum absolute atomic E-state index is 0.275. The van der Waals surface area contributed by atoms with E-state index in [1.807, 2.05) is 6.07 Å². The summed E-state index contributed by atoms with van der Waals surface area (Å²) >= 11 is 0. The summed E-state index contributed by atoms with van der Waals surface area (Å²) in [4.78, 5) is 2.37. The minimum atomic E-state index is 0.275. The molecule has 0 saturated heterocycles. The van der Waals surface area contributed by atoms with Crippen LogP contribution in [-0.2, 0) is 6.42 Å². The third kappa shape index (κ3) is 2.12. The summed E-state index contributed by atoms with van der Waals surface area (Å²) in [6.45, 7) is 1.10. The Morgan fingerprint density at radius 2 is 1.72 bits per heavy atom. The SMILES string of the molecule is CN1CCc2ccccc2C1Nc1ccccc1. The van der Waals surface area contributed by atoms with Crippen LogP contribution in [0.4, 0.5) is 5.69 Å². The van der Waals surface area contributed by atoms with E-state index in [2.05, 4.69) is 65.8 Å². The van der Waals surface area contributed by atoms with Crippen LogP contribution in [0.3, 0.4) is 0 Å². The van der Waals surface area contributed by atoms with Crippen LogP contribution in [-0.4, -0.2) is 18.5 Å². The molecule has 1 aliphatic heterocycles. The Balaban J connectivity index is 1.91. The molecule has 2 aromatic carbocycles. The second kappa shape index (κ2) is 4.83. The van der Waals surface area contributed by atoms with Crippen molar-refractivity contribution in [3.05, 3.63) is 65.7 Å². The molecule has 0 aromatic heterocycles. The van der Waals surface area contributed by atoms with Gasteiger partial charge in [0.2, 0.25) is 0 Å². The summed E-state index contributed by atoms with van der Waals surface area (Å²) in [5.41, 5.74) is 4.03. The van der Waals surface area contributed by atoms with Gasteiger partial charge in [-0.15, -0.1) is 0 Å². The van der Waals surface area contributed by atoms with Gasteiger partial charge in [-0.05, 0) is 36.7 Å². The predicted molar refractivity (Wildman–Crippen MR) is 75.6 cm³/mol. The van der Waals surface area contributed by atoms with Crippen molar-refractivity contribution in [1.29, 1.82) is 0 Å². The molecule has 0 radical (unpaired) electrons. The molecule has 0 amide bonds. The normalized spacial score (nSPS) is 19.3. The fraction of sp³-hybridized carbons (Fsp3) is 0.250. The highest BCUT2D eigenvalue weighted by Crippen LogP contribution is 2.29. The van der Waals surface area contributed by atoms with Crippen molar-refractivity contribution in [2.24, 2.45) is 0 Å². The second-order valence-electron chi connectivity index (χ2n) is 4.84. The smallest absolute Gasteiger partial charge is 0.106 e. The van der Waals surface area contributed by atoms with Crippen LogP contribution in [0.15, 0.2) is 54.6 Å². The Bertz CT molecular complexity index is 522. The van der Waals surface area contributed by atoms with Gasteiger partial charge in [0, 0.05) is 12.2 Å². The summed E-state index contributed by atoms with van der Waals surface area (Å²) < 4.78 is 0. The molecule has 0 aliphatic carbocycles. The molecule has 3 rings (SSSR count). The van der Waals surface area contributed by atoms with Crippen LogP contribution in [0.25, 0.3) is 0 Å². The molecule has 1 N–H and O–H groups in total. The average Bonchev–Trinajstić information content (AvgIpc) is 2.43. The van der Waals surface area contributed by atoms with E-state index in [0.717, 1.165) is 13.0 Å². The molecule has 2 heteroatoms. The summed E-state index contributed by atoms with van der Waals surface area (Å²) in [7, 11) is 2.18. The molecule has 0 fully saturated rings. The zero-order valence-corrected chi connectivity index (χ0v) is 10.6. The van der Waals surface area contributed by atoms with E-state index in [0.29, 0.717) is 0 Å². The first-order valence-corrected chi connectivity index (χ1v) is 6.44. The standard InChI is InChI=1S/C16H18N2/c1-18-12-11-13-7-5-6-10-15(13)16(18)17-14-8-3-2-4-9-14/h2-10,16-17H,11-12H2,1H3. The molecule has 92 valence electrons. The van der Waals surface area contributed by atoms with E-state index in [9.17, 15) is 0 Å². The molecule has 2 nitrogen and oxygen atoms in total. The largest absolute Gasteiger partial charge is 0.366 e. The first-order valence-electron chi connectivity index (χ1n) is 6.44. The van der Waals surface area contributed by atoms with Crippen LogP contribution in [0.2, 0.25) is 0 Å². The number of para-hydroxylation sites is 1. The third-order valence-corrected chi connectivity index (χ3v) is 3.60. The van der Waals surface area contributed by atoms with Crippen LogP contribution in [0.5, 0.6) is 0 Å². The van der Waals surface area contributed by atoms with Crippen molar-refractivity contribution < 1.29 is 0 Å². The topological polar surface area (TPSA) is 15.3 Å². The van der Waals surface area contributed by atoms with E-state index in [1.54, 1.807) is 0 Å². The third-order valence-electron chi connectivity index (χ3n) is 3.60. The number of nitrogens with zero attached hydrogens (tertiary/aromatic N) is 1. The summed E-state index contributed by atoms with van der Waals surface area (Å²) in [6, 6.07) is 19.1. The van der Waals surface area contributed by atoms with Gasteiger partial charge in [0.1, 0.15) is 6.17 Å². The second-order valence-corrected chi connectivity index (χ2v) is 4.84. The lowest BCUT2D eigenvalue weighted by molar-refractivity contribution is 0.255. The Morgan fingerprint density at radius 3 is 2.56 bits per heavy atom. The highest BCUT2D eigenvalue weighted by molar-refractivity contribution is 5.46. The van der Waals surface area contributed by atoms with Gasteiger partial charge in [-0.3, -0.25) is 4.90 Å². The predicted octanol–water partition coefficient (Wildman–Crippen LogP) is 3.29. The van der Waals surface area contributed by atoms with Gasteiger partial charge in [0.15, 0.2) is 0 Å². The van der Waals surface area contributed by atoms with E-state index < -0.39 is 0 Å². The molecule has 1 heterocycles. The van der Waals surface area contributed by atoms with Gasteiger partial charge in [0.25, 0.3) is 0 Å². The van der Waals surface area contributed by atoms with E-state index in [4.69, 9.17) is 0 Å². The molecule has 0 spiro atoms. The quantitative estimate of drug-likeness (QED) is 0.863. The number of nitrogens with one attached hydrogen (secondary N) is 1. The number of benzene rings is 2. The van der Waals surface area contributed by atoms with Crippen LogP contribution in [0.1, 0.15) is 17.3 Å². The molecular formula is C16H18N2. The average molecular weight is 238 g/mol. The Labute approximate surface area is 108 Å². The molecule has 1 atom stereocenters. The van der Waals surface area contributed by atoms with Gasteiger partial charge in [-0.1, -0.05) is 42.5 Å². The Hall–Kier alpha value is -1.80. The lowest BCUT2D eigenvalue weighted by Gasteiger charge is -2.35. The number of fused-ring (bicyclic) bond motifs is 1. The Kier molecular flexibility index (Phi) is 3.03. The first-order chi connectivity index (χ1) is 8.84. The van der Waals surface area contributed by atoms with E-state index in [1.165, 1.54) is 16.8 Å². The van der Waals surface area contributed by atoms with Gasteiger partial charge in [-0.2, -0.15) is 0 Å². The summed E-state index contributed by atoms with van der Waals surface area (Å²) in [5, 5.41) is 3.61. The number of anilines is 1. The van der Waals surface area contributed by atoms with Crippen LogP contribution < -0.4 is 5.32 Å². The maximum atomic E-state index is 3.61. The van der Waals surface area contributed by atoms with Crippen molar-refractivity contribution in [2.45, 2.75) is 12.6 Å². The van der Waals surface area contributed by atoms with Crippen molar-refractivity contribution >= 4 is 5.69 Å². The number of hydrogen-bond donors (Lipinski definition) is 1. The van der Waals surface area contributed by atoms with Gasteiger partial charge in [0.05, 0.1) is 0 Å². The zero-order chi connectivity index (χ0) is 12.4. The van der Waals surface area contributed by atoms with Gasteiger partial charge in [-0.25, -0.2) is 0 Å². The molecule has 2 aromatic rings. The Morgan fingerprint density at radius 1 is 1.00 bits per heavy atom. The number of rotatable bonds is 2. The molecule has 0 bridgehead atoms. The van der Waals surface area contributed by atoms with Crippen LogP contribution in [0, 0.1) is 0 Å². The lowest BCUT2D eigenvalue weighted by Crippen LogP contribution is -2.36. The van der Waals surface area contributed by atoms with E-state index >= 15 is 0 Å². The molecule has 18 heavy (non-hydrogen) atoms. The molecule has 1 aliphatic rings. The van der Waals surface area contributed by atoms with Crippen molar-refractivity contribution in [3.8, 4) is 0 Å². The monoisotopic (exact) mass is 238 g/mol. The van der Waals surface area contributed by atoms with E-state index in [-0.39, 0.29) is 6.17 Å². The highest BCUT2D eigenvalue weighted by atomic mass is 15.3. The van der Waals surface area contributed by atoms with Gasteiger partial charge >= 0.3 is 0 Å². The maximum Gasteiger partial charge on any atom is 0.106 e. The fourth-order valence-corrected chi connectivity index (χ4v) is 2.57. The highest BCUT2D eigenvalue weighted by Gasteiger charge is 2.23. The lowest BCUT2D eigenvalue weighted by atomic mass is 9.97. The minimum Gasteiger partial charge on any atom is -0.366 e. The van der Waals surface area contributed by atoms with Crippen molar-refractivity contribution in [1.82, 2.24) is 4.90 Å². The van der Waals surface area contributed by atoms with Gasteiger partial charge < -0.3 is 5.32 Å². The molecular weight excluding hydrogens is 220 g/mol. The number of likely N-dealkylation sites (N-methyl/N-ethyl adjacent to an activating group) is 1. The first kappa shape index (κ1) is 11.3. The van der Waals surface area contributed by atoms with Crippen molar-refractivity contribution in [2.75, 3.05) is 18.9 Å². The number of hydrogen-bond acceptors (Lipinski definition) is 2. The van der Waals surface area contributed by atoms with Crippen molar-refractivity contribution in [3.63, 3.8) is 0 Å². The molecule has 0 saturated carbocycles. The summed E-state index contributed by atoms with van der Waals surface area (Å²) in [5.74, 6) is 0. The maximum absolute atomic E-state index is 3.61. The summed E-state index contributed by atoms with van der Waals surface area (Å²) in [6.07, 6.45) is 1.41. The molecule has 1 unspecified atom stereocenters.